The second-order valence-electron chi connectivity index (χ2n) is 4.52. The zero-order valence-corrected chi connectivity index (χ0v) is 14.7. The molecule has 0 heterocycles. The first-order valence-electron chi connectivity index (χ1n) is 6.47. The Kier molecular flexibility index (Phi) is 5.07. The number of nitrogens with one attached hydrogen (secondary N) is 1. The van der Waals surface area contributed by atoms with Gasteiger partial charge in [0.1, 0.15) is 5.75 Å². The van der Waals surface area contributed by atoms with Gasteiger partial charge in [0.2, 0.25) is 0 Å². The van der Waals surface area contributed by atoms with Crippen molar-refractivity contribution in [2.45, 2.75) is 11.8 Å². The number of sulfone groups is 1. The molecule has 22 heavy (non-hydrogen) atoms. The van der Waals surface area contributed by atoms with Crippen molar-refractivity contribution >= 4 is 44.0 Å². The van der Waals surface area contributed by atoms with Crippen LogP contribution in [0.25, 0.3) is 0 Å². The van der Waals surface area contributed by atoms with Crippen LogP contribution in [0.3, 0.4) is 0 Å². The Morgan fingerprint density at radius 2 is 1.91 bits per heavy atom. The molecular weight excluding hydrogens is 417 g/mol. The van der Waals surface area contributed by atoms with Crippen LogP contribution in [0, 0.1) is 3.57 Å². The quantitative estimate of drug-likeness (QED) is 0.576. The maximum atomic E-state index is 12.2. The summed E-state index contributed by atoms with van der Waals surface area (Å²) in [4.78, 5) is 12.3. The molecule has 0 spiro atoms. The van der Waals surface area contributed by atoms with Crippen molar-refractivity contribution in [3.8, 4) is 5.75 Å². The lowest BCUT2D eigenvalue weighted by atomic mass is 10.2. The first-order valence-corrected chi connectivity index (χ1v) is 9.20. The van der Waals surface area contributed by atoms with Crippen LogP contribution in [0.15, 0.2) is 47.4 Å². The summed E-state index contributed by atoms with van der Waals surface area (Å²) in [6, 6.07) is 10.8. The van der Waals surface area contributed by atoms with Gasteiger partial charge in [-0.15, -0.1) is 0 Å². The van der Waals surface area contributed by atoms with Crippen molar-refractivity contribution in [2.75, 3.05) is 11.1 Å². The van der Waals surface area contributed by atoms with E-state index in [-0.39, 0.29) is 22.1 Å². The van der Waals surface area contributed by atoms with E-state index < -0.39 is 15.7 Å². The number of halogens is 1. The fourth-order valence-electron chi connectivity index (χ4n) is 1.81. The number of hydrogen-bond donors (Lipinski definition) is 2. The summed E-state index contributed by atoms with van der Waals surface area (Å²) < 4.78 is 24.5. The Morgan fingerprint density at radius 1 is 1.23 bits per heavy atom. The predicted molar refractivity (Wildman–Crippen MR) is 92.9 cm³/mol. The number of carbonyl (C=O) groups excluding carboxylic acids is 1. The van der Waals surface area contributed by atoms with Crippen molar-refractivity contribution in [2.24, 2.45) is 0 Å². The Hall–Kier alpha value is -1.61. The van der Waals surface area contributed by atoms with Crippen LogP contribution in [0.4, 0.5) is 5.69 Å². The number of benzene rings is 2. The van der Waals surface area contributed by atoms with Crippen molar-refractivity contribution in [3.05, 3.63) is 51.6 Å². The summed E-state index contributed by atoms with van der Waals surface area (Å²) in [5.74, 6) is -0.650. The van der Waals surface area contributed by atoms with Crippen LogP contribution >= 0.6 is 22.6 Å². The van der Waals surface area contributed by atoms with Crippen LogP contribution in [0.5, 0.6) is 5.75 Å². The normalized spacial score (nSPS) is 11.2. The van der Waals surface area contributed by atoms with Crippen LogP contribution in [0.2, 0.25) is 0 Å². The molecule has 7 heteroatoms. The largest absolute Gasteiger partial charge is 0.506 e. The summed E-state index contributed by atoms with van der Waals surface area (Å²) in [5.41, 5.74) is 0.519. The molecule has 1 amide bonds. The minimum absolute atomic E-state index is 0.0538. The third-order valence-corrected chi connectivity index (χ3v) is 5.75. The maximum Gasteiger partial charge on any atom is 0.256 e. The van der Waals surface area contributed by atoms with Gasteiger partial charge in [0.15, 0.2) is 9.84 Å². The number of phenols is 1. The molecule has 0 saturated carbocycles. The zero-order chi connectivity index (χ0) is 16.3. The number of rotatable bonds is 4. The van der Waals surface area contributed by atoms with Crippen molar-refractivity contribution in [1.82, 2.24) is 0 Å². The van der Waals surface area contributed by atoms with E-state index in [0.29, 0.717) is 5.56 Å². The minimum atomic E-state index is -3.41. The summed E-state index contributed by atoms with van der Waals surface area (Å²) in [6.07, 6.45) is 0. The summed E-state index contributed by atoms with van der Waals surface area (Å²) in [7, 11) is -3.41. The fourth-order valence-corrected chi connectivity index (χ4v) is 3.35. The third-order valence-electron chi connectivity index (χ3n) is 3.07. The van der Waals surface area contributed by atoms with Gasteiger partial charge in [-0.2, -0.15) is 0 Å². The first-order chi connectivity index (χ1) is 10.3. The van der Waals surface area contributed by atoms with Crippen molar-refractivity contribution in [3.63, 3.8) is 0 Å². The molecular formula is C15H14INO4S. The first kappa shape index (κ1) is 16.8. The fraction of sp³-hybridized carbons (Fsp3) is 0.133. The average Bonchev–Trinajstić information content (AvgIpc) is 2.49. The molecule has 0 aliphatic heterocycles. The number of amides is 1. The molecule has 0 radical (unpaired) electrons. The SMILES string of the molecule is CCS(=O)(=O)c1ccc(O)c(NC(=O)c2ccccc2I)c1. The summed E-state index contributed by atoms with van der Waals surface area (Å²) in [5, 5.41) is 12.4. The maximum absolute atomic E-state index is 12.2. The molecule has 116 valence electrons. The molecule has 0 bridgehead atoms. The Morgan fingerprint density at radius 3 is 2.55 bits per heavy atom. The van der Waals surface area contributed by atoms with E-state index in [4.69, 9.17) is 0 Å². The Balaban J connectivity index is 2.36. The van der Waals surface area contributed by atoms with Crippen LogP contribution in [-0.2, 0) is 9.84 Å². The van der Waals surface area contributed by atoms with E-state index >= 15 is 0 Å². The zero-order valence-electron chi connectivity index (χ0n) is 11.7. The summed E-state index contributed by atoms with van der Waals surface area (Å²) in [6.45, 7) is 1.53. The molecule has 2 aromatic carbocycles. The highest BCUT2D eigenvalue weighted by atomic mass is 127. The Labute approximate surface area is 142 Å². The van der Waals surface area contributed by atoms with Crippen molar-refractivity contribution < 1.29 is 18.3 Å². The van der Waals surface area contributed by atoms with Crippen LogP contribution < -0.4 is 5.32 Å². The summed E-state index contributed by atoms with van der Waals surface area (Å²) >= 11 is 2.03. The highest BCUT2D eigenvalue weighted by Gasteiger charge is 2.16. The van der Waals surface area contributed by atoms with E-state index in [1.54, 1.807) is 18.2 Å². The van der Waals surface area contributed by atoms with Gasteiger partial charge >= 0.3 is 0 Å². The number of aromatic hydroxyl groups is 1. The highest BCUT2D eigenvalue weighted by Crippen LogP contribution is 2.27. The smallest absolute Gasteiger partial charge is 0.256 e. The molecule has 2 aromatic rings. The Bertz CT molecular complexity index is 818. The molecule has 0 atom stereocenters. The van der Waals surface area contributed by atoms with Crippen LogP contribution in [0.1, 0.15) is 17.3 Å². The topological polar surface area (TPSA) is 83.5 Å². The van der Waals surface area contributed by atoms with Gasteiger partial charge in [-0.25, -0.2) is 8.42 Å². The van der Waals surface area contributed by atoms with E-state index in [9.17, 15) is 18.3 Å². The standard InChI is InChI=1S/C15H14INO4S/c1-2-22(20,21)10-7-8-14(18)13(9-10)17-15(19)11-5-3-4-6-12(11)16/h3-9,18H,2H2,1H3,(H,17,19). The van der Waals surface area contributed by atoms with Gasteiger partial charge in [0.25, 0.3) is 5.91 Å². The molecule has 0 unspecified atom stereocenters. The molecule has 2 rings (SSSR count). The molecule has 2 N–H and O–H groups in total. The average molecular weight is 431 g/mol. The number of anilines is 1. The number of phenolic OH excluding ortho intramolecular Hbond substituents is 1. The number of carbonyl (C=O) groups is 1. The van der Waals surface area contributed by atoms with Gasteiger partial charge in [-0.1, -0.05) is 19.1 Å². The molecule has 5 nitrogen and oxygen atoms in total. The highest BCUT2D eigenvalue weighted by molar-refractivity contribution is 14.1. The predicted octanol–water partition coefficient (Wildman–Crippen LogP) is 3.04. The molecule has 0 aliphatic rings. The second kappa shape index (κ2) is 6.66. The van der Waals surface area contributed by atoms with Gasteiger partial charge in [0, 0.05) is 3.57 Å². The third kappa shape index (κ3) is 3.58. The monoisotopic (exact) mass is 431 g/mol. The molecule has 0 aromatic heterocycles. The lowest BCUT2D eigenvalue weighted by Crippen LogP contribution is -2.14. The van der Waals surface area contributed by atoms with E-state index in [0.717, 1.165) is 3.57 Å². The van der Waals surface area contributed by atoms with Crippen LogP contribution in [-0.4, -0.2) is 25.2 Å². The minimum Gasteiger partial charge on any atom is -0.506 e. The van der Waals surface area contributed by atoms with Gasteiger partial charge < -0.3 is 10.4 Å². The second-order valence-corrected chi connectivity index (χ2v) is 7.96. The van der Waals surface area contributed by atoms with E-state index in [2.05, 4.69) is 5.32 Å². The van der Waals surface area contributed by atoms with Gasteiger partial charge in [-0.05, 0) is 52.9 Å². The molecule has 0 aliphatic carbocycles. The van der Waals surface area contributed by atoms with E-state index in [1.807, 2.05) is 28.7 Å². The van der Waals surface area contributed by atoms with Crippen molar-refractivity contribution in [1.29, 1.82) is 0 Å². The number of hydrogen-bond acceptors (Lipinski definition) is 4. The van der Waals surface area contributed by atoms with Gasteiger partial charge in [-0.3, -0.25) is 4.79 Å². The lowest BCUT2D eigenvalue weighted by molar-refractivity contribution is 0.102. The van der Waals surface area contributed by atoms with E-state index in [1.165, 1.54) is 25.1 Å². The lowest BCUT2D eigenvalue weighted by Gasteiger charge is -2.10. The van der Waals surface area contributed by atoms with Gasteiger partial charge in [0.05, 0.1) is 21.9 Å². The molecule has 0 saturated heterocycles. The molecule has 0 fully saturated rings.